The van der Waals surface area contributed by atoms with Crippen LogP contribution in [0.3, 0.4) is 0 Å². The van der Waals surface area contributed by atoms with E-state index in [0.717, 1.165) is 36.3 Å². The molecule has 0 heterocycles. The van der Waals surface area contributed by atoms with Crippen molar-refractivity contribution < 1.29 is 4.39 Å². The van der Waals surface area contributed by atoms with E-state index in [4.69, 9.17) is 0 Å². The summed E-state index contributed by atoms with van der Waals surface area (Å²) in [4.78, 5) is 0. The molecule has 0 saturated heterocycles. The lowest BCUT2D eigenvalue weighted by atomic mass is 10.0. The van der Waals surface area contributed by atoms with Crippen LogP contribution in [0.5, 0.6) is 0 Å². The van der Waals surface area contributed by atoms with Gasteiger partial charge in [-0.3, -0.25) is 4.39 Å². The van der Waals surface area contributed by atoms with E-state index in [1.807, 2.05) is 0 Å². The maximum Gasteiger partial charge on any atom is 0.0906 e. The Kier molecular flexibility index (Phi) is 1.86. The largest absolute Gasteiger partial charge is 0.313 e. The standard InChI is InChI=1S/C11H18FN/c12-4-1-5-13-11-9-7-2-3-8(6-7)10(9)11/h7-11,13H,1-6H2. The van der Waals surface area contributed by atoms with Crippen molar-refractivity contribution >= 4 is 0 Å². The lowest BCUT2D eigenvalue weighted by Crippen LogP contribution is -2.24. The lowest BCUT2D eigenvalue weighted by Gasteiger charge is -2.09. The first-order chi connectivity index (χ1) is 6.42. The Morgan fingerprint density at radius 2 is 1.85 bits per heavy atom. The van der Waals surface area contributed by atoms with Crippen LogP contribution in [0.1, 0.15) is 25.7 Å². The molecule has 0 radical (unpaired) electrons. The number of fused-ring (bicyclic) bond motifs is 5. The van der Waals surface area contributed by atoms with E-state index in [-0.39, 0.29) is 6.67 Å². The summed E-state index contributed by atoms with van der Waals surface area (Å²) in [6.45, 7) is 0.732. The summed E-state index contributed by atoms with van der Waals surface area (Å²) >= 11 is 0. The van der Waals surface area contributed by atoms with Crippen molar-refractivity contribution in [2.24, 2.45) is 23.7 Å². The normalized spacial score (nSPS) is 51.0. The topological polar surface area (TPSA) is 12.0 Å². The van der Waals surface area contributed by atoms with Crippen LogP contribution < -0.4 is 5.32 Å². The molecule has 0 aliphatic heterocycles. The lowest BCUT2D eigenvalue weighted by molar-refractivity contribution is 0.427. The fourth-order valence-corrected chi connectivity index (χ4v) is 3.93. The Hall–Kier alpha value is -0.110. The molecule has 0 aromatic heterocycles. The molecule has 13 heavy (non-hydrogen) atoms. The molecule has 1 N–H and O–H groups in total. The van der Waals surface area contributed by atoms with Gasteiger partial charge in [0.15, 0.2) is 0 Å². The van der Waals surface area contributed by atoms with Crippen molar-refractivity contribution in [1.29, 1.82) is 0 Å². The molecule has 2 bridgehead atoms. The molecule has 3 saturated carbocycles. The van der Waals surface area contributed by atoms with E-state index in [1.54, 1.807) is 0 Å². The highest BCUT2D eigenvalue weighted by Gasteiger charge is 2.64. The van der Waals surface area contributed by atoms with Gasteiger partial charge in [-0.05, 0) is 55.9 Å². The van der Waals surface area contributed by atoms with Crippen molar-refractivity contribution in [3.05, 3.63) is 0 Å². The van der Waals surface area contributed by atoms with Gasteiger partial charge in [0.2, 0.25) is 0 Å². The number of hydrogen-bond acceptors (Lipinski definition) is 1. The summed E-state index contributed by atoms with van der Waals surface area (Å²) in [6.07, 6.45) is 5.17. The zero-order valence-electron chi connectivity index (χ0n) is 8.01. The minimum absolute atomic E-state index is 0.165. The fourth-order valence-electron chi connectivity index (χ4n) is 3.93. The molecule has 74 valence electrons. The van der Waals surface area contributed by atoms with Crippen LogP contribution in [0.2, 0.25) is 0 Å². The van der Waals surface area contributed by atoms with Crippen molar-refractivity contribution in [2.45, 2.75) is 31.7 Å². The third kappa shape index (κ3) is 1.14. The van der Waals surface area contributed by atoms with Gasteiger partial charge in [0, 0.05) is 6.04 Å². The molecule has 0 amide bonds. The van der Waals surface area contributed by atoms with Gasteiger partial charge in [-0.25, -0.2) is 0 Å². The summed E-state index contributed by atoms with van der Waals surface area (Å²) in [7, 11) is 0. The monoisotopic (exact) mass is 183 g/mol. The summed E-state index contributed by atoms with van der Waals surface area (Å²) in [5.74, 6) is 4.08. The van der Waals surface area contributed by atoms with Crippen LogP contribution in [0.4, 0.5) is 4.39 Å². The Morgan fingerprint density at radius 3 is 2.46 bits per heavy atom. The SMILES string of the molecule is FCCCNC1C2C3CCC(C3)C12. The van der Waals surface area contributed by atoms with E-state index < -0.39 is 0 Å². The third-order valence-electron chi connectivity index (χ3n) is 4.43. The zero-order valence-corrected chi connectivity index (χ0v) is 8.01. The Bertz CT molecular complexity index is 190. The number of nitrogens with one attached hydrogen (secondary N) is 1. The van der Waals surface area contributed by atoms with E-state index in [2.05, 4.69) is 5.32 Å². The number of alkyl halides is 1. The maximum absolute atomic E-state index is 11.9. The molecule has 3 aliphatic carbocycles. The van der Waals surface area contributed by atoms with Gasteiger partial charge in [-0.2, -0.15) is 0 Å². The van der Waals surface area contributed by atoms with Crippen LogP contribution >= 0.6 is 0 Å². The average Bonchev–Trinajstić information content (AvgIpc) is 2.58. The van der Waals surface area contributed by atoms with Crippen LogP contribution in [0.25, 0.3) is 0 Å². The molecule has 0 spiro atoms. The quantitative estimate of drug-likeness (QED) is 0.657. The third-order valence-corrected chi connectivity index (χ3v) is 4.43. The Morgan fingerprint density at radius 1 is 1.15 bits per heavy atom. The molecule has 3 aliphatic rings. The molecular formula is C11H18FN. The van der Waals surface area contributed by atoms with Crippen LogP contribution in [-0.4, -0.2) is 19.3 Å². The number of halogens is 1. The minimum atomic E-state index is -0.165. The van der Waals surface area contributed by atoms with Gasteiger partial charge in [-0.1, -0.05) is 0 Å². The van der Waals surface area contributed by atoms with Crippen LogP contribution in [0.15, 0.2) is 0 Å². The molecule has 4 atom stereocenters. The Labute approximate surface area is 79.1 Å². The minimum Gasteiger partial charge on any atom is -0.313 e. The van der Waals surface area contributed by atoms with E-state index >= 15 is 0 Å². The highest BCUT2D eigenvalue weighted by Crippen LogP contribution is 2.65. The highest BCUT2D eigenvalue weighted by atomic mass is 19.1. The number of rotatable bonds is 4. The van der Waals surface area contributed by atoms with Gasteiger partial charge < -0.3 is 5.32 Å². The molecule has 1 nitrogen and oxygen atoms in total. The zero-order chi connectivity index (χ0) is 8.84. The van der Waals surface area contributed by atoms with Crippen molar-refractivity contribution in [2.75, 3.05) is 13.2 Å². The van der Waals surface area contributed by atoms with Crippen molar-refractivity contribution in [3.63, 3.8) is 0 Å². The molecule has 3 fully saturated rings. The Balaban J connectivity index is 1.50. The first-order valence-electron chi connectivity index (χ1n) is 5.71. The smallest absolute Gasteiger partial charge is 0.0906 e. The predicted molar refractivity (Wildman–Crippen MR) is 50.2 cm³/mol. The first-order valence-corrected chi connectivity index (χ1v) is 5.71. The van der Waals surface area contributed by atoms with Gasteiger partial charge in [0.1, 0.15) is 0 Å². The van der Waals surface area contributed by atoms with E-state index in [9.17, 15) is 4.39 Å². The van der Waals surface area contributed by atoms with Crippen molar-refractivity contribution in [3.8, 4) is 0 Å². The molecule has 0 aromatic rings. The first kappa shape index (κ1) is 8.22. The second kappa shape index (κ2) is 2.94. The number of hydrogen-bond donors (Lipinski definition) is 1. The second-order valence-electron chi connectivity index (χ2n) is 5.01. The molecule has 0 aromatic carbocycles. The maximum atomic E-state index is 11.9. The van der Waals surface area contributed by atoms with E-state index in [1.165, 1.54) is 19.3 Å². The van der Waals surface area contributed by atoms with E-state index in [0.29, 0.717) is 6.42 Å². The second-order valence-corrected chi connectivity index (χ2v) is 5.01. The summed E-state index contributed by atoms with van der Waals surface area (Å²) in [5, 5.41) is 3.52. The fraction of sp³-hybridized carbons (Fsp3) is 1.00. The molecule has 4 unspecified atom stereocenters. The molecule has 2 heteroatoms. The molecule has 3 rings (SSSR count). The van der Waals surface area contributed by atoms with Gasteiger partial charge in [-0.15, -0.1) is 0 Å². The highest BCUT2D eigenvalue weighted by molar-refractivity contribution is 5.16. The van der Waals surface area contributed by atoms with Gasteiger partial charge in [0.05, 0.1) is 6.67 Å². The van der Waals surface area contributed by atoms with Gasteiger partial charge >= 0.3 is 0 Å². The summed E-state index contributed by atoms with van der Waals surface area (Å²) in [6, 6.07) is 0.790. The van der Waals surface area contributed by atoms with Gasteiger partial charge in [0.25, 0.3) is 0 Å². The van der Waals surface area contributed by atoms with Crippen LogP contribution in [-0.2, 0) is 0 Å². The molecular weight excluding hydrogens is 165 g/mol. The summed E-state index contributed by atoms with van der Waals surface area (Å²) < 4.78 is 11.9. The van der Waals surface area contributed by atoms with Crippen LogP contribution in [0, 0.1) is 23.7 Å². The predicted octanol–water partition coefficient (Wildman–Crippen LogP) is 1.98. The average molecular weight is 183 g/mol. The van der Waals surface area contributed by atoms with Crippen molar-refractivity contribution in [1.82, 2.24) is 5.32 Å². The summed E-state index contributed by atoms with van der Waals surface area (Å²) in [5.41, 5.74) is 0.